The molecule has 2 heteroatoms. The van der Waals surface area contributed by atoms with Crippen molar-refractivity contribution in [1.29, 1.82) is 0 Å². The van der Waals surface area contributed by atoms with Gasteiger partial charge in [-0.05, 0) is 18.6 Å². The van der Waals surface area contributed by atoms with Gasteiger partial charge in [0, 0.05) is 0 Å². The smallest absolute Gasteiger partial charge is 0.496 e. The Bertz CT molecular complexity index is 198. The minimum atomic E-state index is 0.775. The van der Waals surface area contributed by atoms with Crippen molar-refractivity contribution in [2.24, 2.45) is 0 Å². The molecule has 0 amide bonds. The molecular weight excluding hydrogens is 127 g/mol. The highest BCUT2D eigenvalue weighted by Crippen LogP contribution is 2.14. The number of para-hydroxylation sites is 1. The van der Waals surface area contributed by atoms with Crippen LogP contribution in [-0.2, 0) is 0 Å². The minimum Gasteiger partial charge on any atom is -0.647 e. The van der Waals surface area contributed by atoms with Gasteiger partial charge in [0.2, 0.25) is 0 Å². The molecule has 1 rings (SSSR count). The standard InChI is InChI=1S/C7H8O.Al.2H/c1-6-4-2-3-5-7(6)8;;;/h2-5,8H,1H3;;;/q;+1;;/p-1. The van der Waals surface area contributed by atoms with Crippen molar-refractivity contribution in [3.05, 3.63) is 29.8 Å². The lowest BCUT2D eigenvalue weighted by Crippen LogP contribution is -1.86. The van der Waals surface area contributed by atoms with Gasteiger partial charge in [0.15, 0.2) is 0 Å². The van der Waals surface area contributed by atoms with E-state index in [2.05, 4.69) is 0 Å². The summed E-state index contributed by atoms with van der Waals surface area (Å²) in [6.45, 7) is 2.05. The van der Waals surface area contributed by atoms with Gasteiger partial charge in [0.1, 0.15) is 0 Å². The van der Waals surface area contributed by atoms with E-state index >= 15 is 0 Å². The Kier molecular flexibility index (Phi) is 2.16. The highest BCUT2D eigenvalue weighted by molar-refractivity contribution is 6.00. The van der Waals surface area contributed by atoms with Crippen molar-refractivity contribution in [2.45, 2.75) is 6.92 Å². The van der Waals surface area contributed by atoms with Crippen LogP contribution >= 0.6 is 0 Å². The van der Waals surface area contributed by atoms with Crippen molar-refractivity contribution >= 4 is 16.6 Å². The van der Waals surface area contributed by atoms with E-state index in [4.69, 9.17) is 3.79 Å². The number of aryl methyl sites for hydroxylation is 1. The summed E-state index contributed by atoms with van der Waals surface area (Å²) in [6, 6.07) is 8.04. The van der Waals surface area contributed by atoms with Crippen molar-refractivity contribution in [3.8, 4) is 5.75 Å². The van der Waals surface area contributed by atoms with E-state index in [1.54, 1.807) is 0 Å². The lowest BCUT2D eigenvalue weighted by molar-refractivity contribution is 0.610. The zero-order valence-corrected chi connectivity index (χ0v) is 7.72. The topological polar surface area (TPSA) is 9.23 Å². The fourth-order valence-corrected chi connectivity index (χ4v) is 1.24. The van der Waals surface area contributed by atoms with E-state index in [0.29, 0.717) is 0 Å². The van der Waals surface area contributed by atoms with Gasteiger partial charge in [-0.3, -0.25) is 0 Å². The summed E-state index contributed by atoms with van der Waals surface area (Å²) in [5.74, 6) is 1.02. The van der Waals surface area contributed by atoms with E-state index in [-0.39, 0.29) is 0 Å². The highest BCUT2D eigenvalue weighted by Gasteiger charge is 1.89. The molecule has 0 atom stereocenters. The predicted molar refractivity (Wildman–Crippen MR) is 40.4 cm³/mol. The van der Waals surface area contributed by atoms with Crippen LogP contribution in [0.3, 0.4) is 0 Å². The normalized spacial score (nSPS) is 9.00. The Morgan fingerprint density at radius 1 is 1.33 bits per heavy atom. The molecule has 0 unspecified atom stereocenters. The summed E-state index contributed by atoms with van der Waals surface area (Å²) < 4.78 is 5.18. The van der Waals surface area contributed by atoms with Gasteiger partial charge in [-0.1, -0.05) is 18.2 Å². The van der Waals surface area contributed by atoms with Gasteiger partial charge in [-0.2, -0.15) is 0 Å². The van der Waals surface area contributed by atoms with Gasteiger partial charge in [0.05, 0.1) is 5.75 Å². The Balaban J connectivity index is 3.01. The molecule has 9 heavy (non-hydrogen) atoms. The van der Waals surface area contributed by atoms with Crippen molar-refractivity contribution in [3.63, 3.8) is 0 Å². The fourth-order valence-electron chi connectivity index (χ4n) is 0.785. The van der Waals surface area contributed by atoms with Gasteiger partial charge in [-0.25, -0.2) is 0 Å². The van der Waals surface area contributed by atoms with E-state index in [0.717, 1.165) is 22.4 Å². The van der Waals surface area contributed by atoms with Crippen molar-refractivity contribution in [2.75, 3.05) is 0 Å². The van der Waals surface area contributed by atoms with E-state index in [9.17, 15) is 0 Å². The molecule has 0 N–H and O–H groups in total. The highest BCUT2D eigenvalue weighted by atomic mass is 27.1. The second-order valence-corrected chi connectivity index (χ2v) is 2.38. The Morgan fingerprint density at radius 2 is 2.00 bits per heavy atom. The quantitative estimate of drug-likeness (QED) is 0.522. The summed E-state index contributed by atoms with van der Waals surface area (Å²) in [5.41, 5.74) is 1.22. The van der Waals surface area contributed by atoms with Crippen LogP contribution in [0, 0.1) is 6.92 Å². The summed E-state index contributed by atoms with van der Waals surface area (Å²) in [4.78, 5) is 0. The maximum atomic E-state index is 5.18. The number of hydrogen-bond acceptors (Lipinski definition) is 1. The van der Waals surface area contributed by atoms with E-state index in [1.807, 2.05) is 31.2 Å². The summed E-state index contributed by atoms with van der Waals surface area (Å²) in [6.07, 6.45) is 0. The first-order valence-corrected chi connectivity index (χ1v) is 3.76. The number of benzene rings is 1. The molecule has 0 aliphatic carbocycles. The summed E-state index contributed by atoms with van der Waals surface area (Å²) in [7, 11) is 0. The van der Waals surface area contributed by atoms with E-state index < -0.39 is 0 Å². The van der Waals surface area contributed by atoms with Crippen LogP contribution in [0.4, 0.5) is 0 Å². The van der Waals surface area contributed by atoms with Crippen LogP contribution in [0.1, 0.15) is 5.56 Å². The lowest BCUT2D eigenvalue weighted by Gasteiger charge is -2.03. The molecule has 0 spiro atoms. The molecule has 1 aromatic carbocycles. The van der Waals surface area contributed by atoms with Gasteiger partial charge < -0.3 is 3.79 Å². The first-order chi connectivity index (χ1) is 4.34. The minimum absolute atomic E-state index is 0.775. The second kappa shape index (κ2) is 2.91. The SMILES string of the molecule is Cc1ccccc1[O][AlH2]. The summed E-state index contributed by atoms with van der Waals surface area (Å²) >= 11 is 0.775. The van der Waals surface area contributed by atoms with Gasteiger partial charge >= 0.3 is 16.6 Å². The van der Waals surface area contributed by atoms with E-state index in [1.165, 1.54) is 5.56 Å². The average molecular weight is 136 g/mol. The second-order valence-electron chi connectivity index (χ2n) is 1.97. The average Bonchev–Trinajstić information content (AvgIpc) is 1.89. The van der Waals surface area contributed by atoms with Crippen LogP contribution in [-0.4, -0.2) is 16.6 Å². The zero-order valence-electron chi connectivity index (χ0n) is 5.72. The van der Waals surface area contributed by atoms with Crippen LogP contribution in [0.2, 0.25) is 0 Å². The molecule has 0 aliphatic rings. The van der Waals surface area contributed by atoms with Crippen LogP contribution < -0.4 is 3.79 Å². The Labute approximate surface area is 63.4 Å². The fraction of sp³-hybridized carbons (Fsp3) is 0.143. The largest absolute Gasteiger partial charge is 0.647 e. The van der Waals surface area contributed by atoms with Gasteiger partial charge in [-0.15, -0.1) is 0 Å². The molecule has 0 aliphatic heterocycles. The number of rotatable bonds is 1. The van der Waals surface area contributed by atoms with Crippen LogP contribution in [0.25, 0.3) is 0 Å². The molecule has 1 aromatic rings. The third-order valence-electron chi connectivity index (χ3n) is 1.31. The molecule has 0 bridgehead atoms. The lowest BCUT2D eigenvalue weighted by atomic mass is 10.2. The first-order valence-electron chi connectivity index (χ1n) is 2.94. The van der Waals surface area contributed by atoms with Crippen molar-refractivity contribution in [1.82, 2.24) is 0 Å². The zero-order chi connectivity index (χ0) is 6.69. The molecule has 0 saturated heterocycles. The third kappa shape index (κ3) is 1.48. The van der Waals surface area contributed by atoms with Crippen LogP contribution in [0.15, 0.2) is 24.3 Å². The molecule has 0 fully saturated rings. The molecular formula is C7H9AlO. The predicted octanol–water partition coefficient (Wildman–Crippen LogP) is 0.922. The maximum absolute atomic E-state index is 5.18. The maximum Gasteiger partial charge on any atom is 0.496 e. The monoisotopic (exact) mass is 136 g/mol. The first kappa shape index (κ1) is 6.67. The molecule has 1 nitrogen and oxygen atoms in total. The Hall–Kier alpha value is -0.448. The molecule has 0 aromatic heterocycles. The third-order valence-corrected chi connectivity index (χ3v) is 1.75. The molecule has 46 valence electrons. The van der Waals surface area contributed by atoms with Gasteiger partial charge in [0.25, 0.3) is 0 Å². The van der Waals surface area contributed by atoms with Crippen molar-refractivity contribution < 1.29 is 3.79 Å². The summed E-state index contributed by atoms with van der Waals surface area (Å²) in [5, 5.41) is 0. The molecule has 0 heterocycles. The molecule has 0 radical (unpaired) electrons. The number of hydrogen-bond donors (Lipinski definition) is 0. The van der Waals surface area contributed by atoms with Crippen LogP contribution in [0.5, 0.6) is 5.75 Å². The Morgan fingerprint density at radius 3 is 2.44 bits per heavy atom. The molecule has 0 saturated carbocycles.